The zero-order valence-corrected chi connectivity index (χ0v) is 14.9. The van der Waals surface area contributed by atoms with Crippen molar-refractivity contribution in [3.05, 3.63) is 59.7 Å². The van der Waals surface area contributed by atoms with Gasteiger partial charge in [-0.3, -0.25) is 9.59 Å². The van der Waals surface area contributed by atoms with E-state index in [1.807, 2.05) is 30.0 Å². The first-order chi connectivity index (χ1) is 13.2. The second-order valence-electron chi connectivity index (χ2n) is 6.69. The number of amides is 1. The molecule has 3 heterocycles. The molecule has 0 saturated carbocycles. The van der Waals surface area contributed by atoms with Gasteiger partial charge in [0.05, 0.1) is 23.6 Å². The maximum atomic E-state index is 13.3. The molecular formula is C19H19N5O3. The summed E-state index contributed by atoms with van der Waals surface area (Å²) >= 11 is 0. The zero-order valence-electron chi connectivity index (χ0n) is 14.9. The van der Waals surface area contributed by atoms with Crippen LogP contribution in [0, 0.1) is 0 Å². The number of piperidine rings is 1. The summed E-state index contributed by atoms with van der Waals surface area (Å²) in [5.41, 5.74) is 1.47. The number of para-hydroxylation sites is 1. The van der Waals surface area contributed by atoms with Gasteiger partial charge in [-0.1, -0.05) is 17.3 Å². The number of nitrogens with zero attached hydrogens (tertiary/aromatic N) is 5. The summed E-state index contributed by atoms with van der Waals surface area (Å²) in [6, 6.07) is 9.05. The van der Waals surface area contributed by atoms with Crippen LogP contribution in [0.3, 0.4) is 0 Å². The van der Waals surface area contributed by atoms with Gasteiger partial charge in [-0.15, -0.1) is 0 Å². The van der Waals surface area contributed by atoms with Gasteiger partial charge in [0.1, 0.15) is 11.5 Å². The van der Waals surface area contributed by atoms with E-state index in [1.165, 1.54) is 4.80 Å². The van der Waals surface area contributed by atoms with E-state index in [-0.39, 0.29) is 23.6 Å². The Morgan fingerprint density at radius 2 is 2.00 bits per heavy atom. The Bertz CT molecular complexity index is 950. The van der Waals surface area contributed by atoms with E-state index >= 15 is 0 Å². The van der Waals surface area contributed by atoms with Crippen LogP contribution in [0.15, 0.2) is 47.2 Å². The number of likely N-dealkylation sites (tertiary alicyclic amines) is 1. The van der Waals surface area contributed by atoms with E-state index in [0.717, 1.165) is 12.8 Å². The Labute approximate surface area is 155 Å². The van der Waals surface area contributed by atoms with Gasteiger partial charge in [0, 0.05) is 24.6 Å². The zero-order chi connectivity index (χ0) is 18.8. The molecule has 3 aromatic rings. The van der Waals surface area contributed by atoms with Crippen LogP contribution in [-0.2, 0) is 0 Å². The Balaban J connectivity index is 1.62. The Hall–Kier alpha value is -3.29. The van der Waals surface area contributed by atoms with Gasteiger partial charge in [-0.25, -0.2) is 0 Å². The van der Waals surface area contributed by atoms with Crippen LogP contribution in [0.4, 0.5) is 0 Å². The Kier molecular flexibility index (Phi) is 4.53. The van der Waals surface area contributed by atoms with E-state index < -0.39 is 0 Å². The Morgan fingerprint density at radius 1 is 1.22 bits per heavy atom. The minimum absolute atomic E-state index is 0.0151. The minimum Gasteiger partial charge on any atom is -0.360 e. The van der Waals surface area contributed by atoms with E-state index in [2.05, 4.69) is 15.4 Å². The van der Waals surface area contributed by atoms with E-state index in [9.17, 15) is 9.59 Å². The number of aromatic nitrogens is 4. The molecule has 4 rings (SSSR count). The molecule has 1 aliphatic heterocycles. The van der Waals surface area contributed by atoms with Crippen molar-refractivity contribution in [1.82, 2.24) is 25.1 Å². The van der Waals surface area contributed by atoms with Crippen LogP contribution in [0.1, 0.15) is 52.3 Å². The highest BCUT2D eigenvalue weighted by Gasteiger charge is 2.33. The normalized spacial score (nSPS) is 19.8. The Morgan fingerprint density at radius 3 is 2.74 bits per heavy atom. The maximum absolute atomic E-state index is 13.3. The lowest BCUT2D eigenvalue weighted by atomic mass is 9.90. The van der Waals surface area contributed by atoms with Gasteiger partial charge in [0.2, 0.25) is 0 Å². The molecule has 0 bridgehead atoms. The van der Waals surface area contributed by atoms with Crippen LogP contribution in [0.2, 0.25) is 0 Å². The summed E-state index contributed by atoms with van der Waals surface area (Å²) in [5, 5.41) is 12.0. The number of hydrogen-bond acceptors (Lipinski definition) is 6. The van der Waals surface area contributed by atoms with Crippen molar-refractivity contribution in [1.29, 1.82) is 0 Å². The van der Waals surface area contributed by atoms with Crippen molar-refractivity contribution >= 4 is 12.2 Å². The SMILES string of the molecule is C[C@@H]1CC[C@@H](c2cc(C=O)no2)CN1C(=O)c1ccccc1-n1nccn1. The van der Waals surface area contributed by atoms with Gasteiger partial charge in [0.25, 0.3) is 5.91 Å². The number of carbonyl (C=O) groups is 2. The lowest BCUT2D eigenvalue weighted by Gasteiger charge is -2.37. The quantitative estimate of drug-likeness (QED) is 0.659. The summed E-state index contributed by atoms with van der Waals surface area (Å²) in [5.74, 6) is 0.584. The number of hydrogen-bond donors (Lipinski definition) is 0. The highest BCUT2D eigenvalue weighted by Crippen LogP contribution is 2.31. The lowest BCUT2D eigenvalue weighted by molar-refractivity contribution is 0.0596. The lowest BCUT2D eigenvalue weighted by Crippen LogP contribution is -2.45. The van der Waals surface area contributed by atoms with Gasteiger partial charge in [-0.05, 0) is 31.9 Å². The number of benzene rings is 1. The van der Waals surface area contributed by atoms with Gasteiger partial charge in [-0.2, -0.15) is 15.0 Å². The van der Waals surface area contributed by atoms with Crippen molar-refractivity contribution < 1.29 is 14.1 Å². The second kappa shape index (κ2) is 7.14. The topological polar surface area (TPSA) is 94.1 Å². The first kappa shape index (κ1) is 17.1. The van der Waals surface area contributed by atoms with Crippen LogP contribution in [0.5, 0.6) is 0 Å². The molecule has 0 spiro atoms. The fourth-order valence-corrected chi connectivity index (χ4v) is 3.50. The molecule has 0 unspecified atom stereocenters. The van der Waals surface area contributed by atoms with Crippen LogP contribution >= 0.6 is 0 Å². The molecule has 8 nitrogen and oxygen atoms in total. The van der Waals surface area contributed by atoms with Crippen LogP contribution in [0.25, 0.3) is 5.69 Å². The highest BCUT2D eigenvalue weighted by atomic mass is 16.5. The molecule has 2 atom stereocenters. The molecule has 2 aromatic heterocycles. The molecule has 1 aliphatic rings. The van der Waals surface area contributed by atoms with Crippen LogP contribution in [-0.4, -0.2) is 49.8 Å². The van der Waals surface area contributed by atoms with Crippen molar-refractivity contribution in [3.63, 3.8) is 0 Å². The number of carbonyl (C=O) groups excluding carboxylic acids is 2. The average molecular weight is 365 g/mol. The standard InChI is InChI=1S/C19H19N5O3/c1-13-6-7-14(18-10-15(12-25)22-27-18)11-23(13)19(26)16-4-2-3-5-17(16)24-20-8-9-21-24/h2-5,8-10,12-14H,6-7,11H2,1H3/t13-,14-/m1/s1. The van der Waals surface area contributed by atoms with Gasteiger partial charge >= 0.3 is 0 Å². The molecule has 138 valence electrons. The number of rotatable bonds is 4. The summed E-state index contributed by atoms with van der Waals surface area (Å²) in [7, 11) is 0. The average Bonchev–Trinajstić information content (AvgIpc) is 3.40. The first-order valence-electron chi connectivity index (χ1n) is 8.86. The van der Waals surface area contributed by atoms with Crippen molar-refractivity contribution in [2.24, 2.45) is 0 Å². The van der Waals surface area contributed by atoms with Gasteiger partial charge < -0.3 is 9.42 Å². The van der Waals surface area contributed by atoms with E-state index in [4.69, 9.17) is 4.52 Å². The molecule has 1 fully saturated rings. The molecule has 0 N–H and O–H groups in total. The van der Waals surface area contributed by atoms with Crippen molar-refractivity contribution in [2.45, 2.75) is 31.7 Å². The minimum atomic E-state index is -0.0739. The third-order valence-corrected chi connectivity index (χ3v) is 4.98. The smallest absolute Gasteiger partial charge is 0.256 e. The summed E-state index contributed by atoms with van der Waals surface area (Å²) < 4.78 is 5.30. The number of aldehydes is 1. The van der Waals surface area contributed by atoms with Gasteiger partial charge in [0.15, 0.2) is 6.29 Å². The van der Waals surface area contributed by atoms with Crippen LogP contribution < -0.4 is 0 Å². The predicted molar refractivity (Wildman–Crippen MR) is 95.7 cm³/mol. The fourth-order valence-electron chi connectivity index (χ4n) is 3.50. The van der Waals surface area contributed by atoms with E-state index in [0.29, 0.717) is 29.8 Å². The largest absolute Gasteiger partial charge is 0.360 e. The molecule has 1 amide bonds. The third kappa shape index (κ3) is 3.25. The first-order valence-corrected chi connectivity index (χ1v) is 8.86. The molecule has 8 heteroatoms. The summed E-state index contributed by atoms with van der Waals surface area (Å²) in [4.78, 5) is 27.5. The molecule has 0 aliphatic carbocycles. The molecule has 0 radical (unpaired) electrons. The monoisotopic (exact) mass is 365 g/mol. The molecular weight excluding hydrogens is 346 g/mol. The summed E-state index contributed by atoms with van der Waals surface area (Å²) in [6.07, 6.45) is 5.54. The van der Waals surface area contributed by atoms with Crippen molar-refractivity contribution in [2.75, 3.05) is 6.54 Å². The fraction of sp³-hybridized carbons (Fsp3) is 0.316. The predicted octanol–water partition coefficient (Wildman–Crippen LogP) is 2.48. The van der Waals surface area contributed by atoms with Crippen molar-refractivity contribution in [3.8, 4) is 5.69 Å². The summed E-state index contributed by atoms with van der Waals surface area (Å²) in [6.45, 7) is 2.55. The highest BCUT2D eigenvalue weighted by molar-refractivity contribution is 5.98. The third-order valence-electron chi connectivity index (χ3n) is 4.98. The maximum Gasteiger partial charge on any atom is 0.256 e. The second-order valence-corrected chi connectivity index (χ2v) is 6.69. The van der Waals surface area contributed by atoms with E-state index in [1.54, 1.807) is 24.5 Å². The molecule has 1 aromatic carbocycles. The molecule has 27 heavy (non-hydrogen) atoms. The molecule has 1 saturated heterocycles.